The van der Waals surface area contributed by atoms with Crippen molar-refractivity contribution in [2.24, 2.45) is 10.8 Å². The third-order valence-electron chi connectivity index (χ3n) is 13.8. The van der Waals surface area contributed by atoms with E-state index in [-0.39, 0.29) is 161 Å². The molecule has 29 heteroatoms. The average Bonchev–Trinajstić information content (AvgIpc) is 4.09. The van der Waals surface area contributed by atoms with E-state index in [4.69, 9.17) is 28.4 Å². The number of carbonyl (C=O) groups is 11. The van der Waals surface area contributed by atoms with Crippen LogP contribution in [0.15, 0.2) is 12.2 Å². The smallest absolute Gasteiger partial charge is 0.314 e. The van der Waals surface area contributed by atoms with E-state index in [0.29, 0.717) is 0 Å². The Kier molecular flexibility index (Phi) is 23.4. The molecule has 5 aliphatic rings. The van der Waals surface area contributed by atoms with Gasteiger partial charge < -0.3 is 84.8 Å². The van der Waals surface area contributed by atoms with Gasteiger partial charge in [0.05, 0.1) is 88.0 Å². The molecule has 0 saturated carbocycles. The number of carbonyl (C=O) groups excluding carboxylic acids is 11. The third kappa shape index (κ3) is 17.4. The highest BCUT2D eigenvalue weighted by molar-refractivity contribution is 6.37. The first kappa shape index (κ1) is 62.6. The molecule has 5 heterocycles. The van der Waals surface area contributed by atoms with Crippen molar-refractivity contribution in [3.8, 4) is 0 Å². The highest BCUT2D eigenvalue weighted by atomic mass is 16.5. The zero-order valence-corrected chi connectivity index (χ0v) is 44.3. The number of aliphatic hydroxyl groups is 4. The molecule has 0 spiro atoms. The number of hydrogen-bond donors (Lipinski definition) is 8. The van der Waals surface area contributed by atoms with Crippen LogP contribution in [0.25, 0.3) is 0 Å². The van der Waals surface area contributed by atoms with E-state index in [0.717, 1.165) is 26.9 Å². The Morgan fingerprint density at radius 2 is 0.974 bits per heavy atom. The summed E-state index contributed by atoms with van der Waals surface area (Å²) in [5, 5.41) is 50.9. The van der Waals surface area contributed by atoms with E-state index >= 15 is 0 Å². The Balaban J connectivity index is 0.895. The third-order valence-corrected chi connectivity index (χ3v) is 13.8. The fourth-order valence-corrected chi connectivity index (χ4v) is 8.95. The molecule has 4 fully saturated rings. The number of piperidine rings is 2. The Labute approximate surface area is 449 Å². The topological polar surface area (TPSA) is 385 Å². The summed E-state index contributed by atoms with van der Waals surface area (Å²) in [5.41, 5.74) is -2.20. The maximum absolute atomic E-state index is 13.2. The Morgan fingerprint density at radius 3 is 1.37 bits per heavy atom. The van der Waals surface area contributed by atoms with Crippen molar-refractivity contribution in [1.29, 1.82) is 0 Å². The summed E-state index contributed by atoms with van der Waals surface area (Å²) < 4.78 is 33.3. The second kappa shape index (κ2) is 29.1. The van der Waals surface area contributed by atoms with Crippen molar-refractivity contribution in [1.82, 2.24) is 40.9 Å². The fraction of sp³-hybridized carbons (Fsp3) is 0.735. The van der Waals surface area contributed by atoms with Gasteiger partial charge >= 0.3 is 35.6 Å². The van der Waals surface area contributed by atoms with Gasteiger partial charge in [0.15, 0.2) is 0 Å². The molecule has 436 valence electrons. The lowest BCUT2D eigenvalue weighted by atomic mass is 9.87. The first-order chi connectivity index (χ1) is 36.9. The van der Waals surface area contributed by atoms with Gasteiger partial charge in [0.25, 0.3) is 11.8 Å². The van der Waals surface area contributed by atoms with E-state index < -0.39 is 107 Å². The highest BCUT2D eigenvalue weighted by Gasteiger charge is 2.53. The van der Waals surface area contributed by atoms with Gasteiger partial charge in [0.2, 0.25) is 17.7 Å². The van der Waals surface area contributed by atoms with Gasteiger partial charge in [-0.3, -0.25) is 57.6 Å². The van der Waals surface area contributed by atoms with E-state index in [1.165, 1.54) is 4.90 Å². The summed E-state index contributed by atoms with van der Waals surface area (Å²) in [6.07, 6.45) is -5.43. The Morgan fingerprint density at radius 1 is 0.590 bits per heavy atom. The van der Waals surface area contributed by atoms with Crippen LogP contribution in [0.2, 0.25) is 0 Å². The van der Waals surface area contributed by atoms with Crippen LogP contribution in [-0.2, 0) is 81.2 Å². The molecule has 0 aromatic rings. The second-order valence-corrected chi connectivity index (χ2v) is 20.6. The lowest BCUT2D eigenvalue weighted by molar-refractivity contribution is -0.164. The first-order valence-electron chi connectivity index (χ1n) is 25.9. The molecular weight excluding hydrogens is 1040 g/mol. The van der Waals surface area contributed by atoms with Crippen LogP contribution in [0.5, 0.6) is 0 Å². The number of aliphatic hydroxyl groups excluding tert-OH is 4. The number of nitrogens with one attached hydrogen (secondary N) is 4. The predicted molar refractivity (Wildman–Crippen MR) is 263 cm³/mol. The van der Waals surface area contributed by atoms with Gasteiger partial charge in [-0.25, -0.2) is 0 Å². The molecule has 5 rings (SSSR count). The van der Waals surface area contributed by atoms with Crippen molar-refractivity contribution in [3.05, 3.63) is 12.2 Å². The molecule has 8 unspecified atom stereocenters. The van der Waals surface area contributed by atoms with Crippen LogP contribution in [0.4, 0.5) is 0 Å². The van der Waals surface area contributed by atoms with Crippen LogP contribution in [0, 0.1) is 10.8 Å². The summed E-state index contributed by atoms with van der Waals surface area (Å²) in [4.78, 5) is 141. The number of rotatable bonds is 33. The molecule has 9 amide bonds. The van der Waals surface area contributed by atoms with Crippen molar-refractivity contribution in [2.45, 2.75) is 121 Å². The SMILES string of the molecule is CC(C)(CCC(=O)NCCOCCOCCN(CCOCCOCCNC(=O)CCC(C)(C)C(=O)OCC1CC(O)C(O)C2NC(=O)C(=O)N12)C(=O)CCN1C(=O)C=CC1=O)C(=O)OCC1CC(O)C(O)C2NC(=O)C(=O)N12. The summed E-state index contributed by atoms with van der Waals surface area (Å²) in [5.74, 6) is -7.01. The van der Waals surface area contributed by atoms with Gasteiger partial charge in [-0.1, -0.05) is 0 Å². The lowest BCUT2D eigenvalue weighted by Crippen LogP contribution is -2.61. The minimum Gasteiger partial charge on any atom is -0.463 e. The quantitative estimate of drug-likeness (QED) is 0.0132. The molecule has 0 aromatic carbocycles. The average molecular weight is 1110 g/mol. The standard InChI is InChI=1S/C49H74N8O21/c1-48(2,46(71)77-27-29-25-31(58)38(65)40-52-42(67)44(69)56(29)40)10-7-33(60)50-12-17-73-21-23-75-19-15-54(35(62)9-14-55-36(63)5-6-37(55)64)16-20-76-24-22-74-18-13-51-34(61)8-11-49(3,4)47(72)78-28-30-26-32(59)39(66)41-53-43(68)45(70)57(30)41/h5-6,29-32,38-41,58-59,65-66H,7-28H2,1-4H3,(H,50,60)(H,51,61)(H,52,67)(H,53,68). The fourth-order valence-electron chi connectivity index (χ4n) is 8.95. The summed E-state index contributed by atoms with van der Waals surface area (Å²) in [7, 11) is 0. The largest absolute Gasteiger partial charge is 0.463 e. The van der Waals surface area contributed by atoms with Crippen LogP contribution in [0.1, 0.15) is 72.6 Å². The molecule has 8 N–H and O–H groups in total. The molecule has 4 saturated heterocycles. The monoisotopic (exact) mass is 1110 g/mol. The molecule has 5 aliphatic heterocycles. The number of nitrogens with zero attached hydrogens (tertiary/aromatic N) is 4. The van der Waals surface area contributed by atoms with Crippen molar-refractivity contribution in [3.63, 3.8) is 0 Å². The number of hydrogen-bond acceptors (Lipinski definition) is 21. The Bertz CT molecular complexity index is 2090. The predicted octanol–water partition coefficient (Wildman–Crippen LogP) is -5.31. The number of ether oxygens (including phenoxy) is 6. The van der Waals surface area contributed by atoms with Crippen LogP contribution in [0.3, 0.4) is 0 Å². The molecule has 0 aliphatic carbocycles. The minimum absolute atomic E-state index is 0.0167. The van der Waals surface area contributed by atoms with Crippen LogP contribution < -0.4 is 21.3 Å². The van der Waals surface area contributed by atoms with Crippen LogP contribution >= 0.6 is 0 Å². The molecular formula is C49H74N8O21. The second-order valence-electron chi connectivity index (χ2n) is 20.6. The van der Waals surface area contributed by atoms with Crippen molar-refractivity contribution >= 4 is 65.1 Å². The van der Waals surface area contributed by atoms with Gasteiger partial charge in [0, 0.05) is 64.1 Å². The van der Waals surface area contributed by atoms with Gasteiger partial charge in [0.1, 0.15) is 37.8 Å². The zero-order chi connectivity index (χ0) is 57.3. The van der Waals surface area contributed by atoms with E-state index in [9.17, 15) is 73.2 Å². The number of amides is 9. The van der Waals surface area contributed by atoms with Crippen molar-refractivity contribution in [2.75, 3.05) is 98.8 Å². The van der Waals surface area contributed by atoms with Crippen molar-refractivity contribution < 1.29 is 102 Å². The summed E-state index contributed by atoms with van der Waals surface area (Å²) in [6, 6.07) is -1.69. The number of imide groups is 1. The Hall–Kier alpha value is -6.21. The van der Waals surface area contributed by atoms with Gasteiger partial charge in [-0.2, -0.15) is 0 Å². The summed E-state index contributed by atoms with van der Waals surface area (Å²) >= 11 is 0. The van der Waals surface area contributed by atoms with E-state index in [1.807, 2.05) is 0 Å². The highest BCUT2D eigenvalue weighted by Crippen LogP contribution is 2.31. The maximum atomic E-state index is 13.2. The van der Waals surface area contributed by atoms with Gasteiger partial charge in [-0.05, 0) is 53.4 Å². The normalized spacial score (nSPS) is 24.0. The van der Waals surface area contributed by atoms with Crippen LogP contribution in [-0.4, -0.2) is 253 Å². The van der Waals surface area contributed by atoms with E-state index in [2.05, 4.69) is 21.3 Å². The molecule has 29 nitrogen and oxygen atoms in total. The summed E-state index contributed by atoms with van der Waals surface area (Å²) in [6.45, 7) is 7.45. The number of fused-ring (bicyclic) bond motifs is 2. The molecule has 78 heavy (non-hydrogen) atoms. The number of esters is 2. The molecule has 8 atom stereocenters. The molecule has 0 radical (unpaired) electrons. The zero-order valence-electron chi connectivity index (χ0n) is 44.3. The first-order valence-corrected chi connectivity index (χ1v) is 25.9. The van der Waals surface area contributed by atoms with Gasteiger partial charge in [-0.15, -0.1) is 0 Å². The minimum atomic E-state index is -1.39. The van der Waals surface area contributed by atoms with E-state index in [1.54, 1.807) is 27.7 Å². The molecule has 0 bridgehead atoms. The maximum Gasteiger partial charge on any atom is 0.314 e. The lowest BCUT2D eigenvalue weighted by Gasteiger charge is -2.41. The molecule has 0 aromatic heterocycles.